The van der Waals surface area contributed by atoms with Crippen molar-refractivity contribution < 1.29 is 14.4 Å². The average molecular weight is 502 g/mol. The summed E-state index contributed by atoms with van der Waals surface area (Å²) >= 11 is 0. The number of nitrogen functional groups attached to an aromatic ring is 1. The van der Waals surface area contributed by atoms with Crippen molar-refractivity contribution >= 4 is 29.1 Å². The van der Waals surface area contributed by atoms with Crippen LogP contribution in [-0.2, 0) is 0 Å². The van der Waals surface area contributed by atoms with Crippen LogP contribution >= 0.6 is 0 Å². The fourth-order valence-corrected chi connectivity index (χ4v) is 5.65. The van der Waals surface area contributed by atoms with E-state index in [0.29, 0.717) is 40.9 Å². The zero-order valence-corrected chi connectivity index (χ0v) is 19.8. The number of amides is 2. The third kappa shape index (κ3) is 3.59. The Morgan fingerprint density at radius 1 is 1.05 bits per heavy atom. The molecule has 5 N–H and O–H groups in total. The van der Waals surface area contributed by atoms with E-state index in [-0.39, 0.29) is 47.2 Å². The van der Waals surface area contributed by atoms with Crippen molar-refractivity contribution in [1.29, 1.82) is 0 Å². The summed E-state index contributed by atoms with van der Waals surface area (Å²) in [6, 6.07) is -0.0286. The number of ketones is 1. The fraction of sp³-hybridized carbons (Fsp3) is 0.348. The SMILES string of the molecule is CC(=O)c1c(C2C[C@H]3CC[C@@H](C2)N3C(=O)c2ncn[nH]2)nc2c(-c3cnc(C(N)=O)nc3)cnn2c1N. The van der Waals surface area contributed by atoms with E-state index >= 15 is 0 Å². The van der Waals surface area contributed by atoms with Gasteiger partial charge in [0, 0.05) is 41.5 Å². The molecule has 0 spiro atoms. The summed E-state index contributed by atoms with van der Waals surface area (Å²) in [7, 11) is 0. The molecule has 3 atom stereocenters. The van der Waals surface area contributed by atoms with E-state index in [2.05, 4.69) is 30.2 Å². The molecule has 4 aromatic heterocycles. The maximum absolute atomic E-state index is 13.1. The minimum atomic E-state index is -0.732. The van der Waals surface area contributed by atoms with Gasteiger partial charge < -0.3 is 16.4 Å². The Labute approximate surface area is 209 Å². The number of nitrogens with two attached hydrogens (primary N) is 2. The summed E-state index contributed by atoms with van der Waals surface area (Å²) in [4.78, 5) is 56.0. The monoisotopic (exact) mass is 501 g/mol. The summed E-state index contributed by atoms with van der Waals surface area (Å²) in [5, 5.41) is 10.8. The first-order chi connectivity index (χ1) is 17.8. The summed E-state index contributed by atoms with van der Waals surface area (Å²) in [5.74, 6) is -0.882. The third-order valence-electron chi connectivity index (χ3n) is 7.22. The third-order valence-corrected chi connectivity index (χ3v) is 7.22. The molecule has 0 saturated carbocycles. The van der Waals surface area contributed by atoms with Crippen LogP contribution in [0.25, 0.3) is 16.8 Å². The zero-order valence-electron chi connectivity index (χ0n) is 19.8. The van der Waals surface area contributed by atoms with Crippen LogP contribution < -0.4 is 11.5 Å². The van der Waals surface area contributed by atoms with Crippen molar-refractivity contribution in [3.8, 4) is 11.1 Å². The van der Waals surface area contributed by atoms with Gasteiger partial charge in [0.15, 0.2) is 11.4 Å². The molecule has 37 heavy (non-hydrogen) atoms. The summed E-state index contributed by atoms with van der Waals surface area (Å²) in [5.41, 5.74) is 14.3. The number of carbonyl (C=O) groups is 3. The second-order valence-electron chi connectivity index (χ2n) is 9.37. The lowest BCUT2D eigenvalue weighted by atomic mass is 9.85. The van der Waals surface area contributed by atoms with Crippen LogP contribution in [0.3, 0.4) is 0 Å². The molecule has 0 aliphatic carbocycles. The van der Waals surface area contributed by atoms with Gasteiger partial charge in [-0.2, -0.15) is 14.7 Å². The first-order valence-electron chi connectivity index (χ1n) is 11.8. The van der Waals surface area contributed by atoms with Crippen molar-refractivity contribution in [3.05, 3.63) is 47.8 Å². The number of anilines is 1. The fourth-order valence-electron chi connectivity index (χ4n) is 5.65. The normalized spacial score (nSPS) is 20.9. The highest BCUT2D eigenvalue weighted by Crippen LogP contribution is 2.45. The van der Waals surface area contributed by atoms with Crippen LogP contribution in [-0.4, -0.2) is 74.3 Å². The predicted octanol–water partition coefficient (Wildman–Crippen LogP) is 0.739. The topological polar surface area (TPSA) is 204 Å². The number of aromatic nitrogens is 8. The van der Waals surface area contributed by atoms with E-state index in [1.807, 2.05) is 4.90 Å². The second kappa shape index (κ2) is 8.43. The smallest absolute Gasteiger partial charge is 0.291 e. The molecule has 4 aromatic rings. The maximum Gasteiger partial charge on any atom is 0.291 e. The highest BCUT2D eigenvalue weighted by atomic mass is 16.2. The number of hydrogen-bond donors (Lipinski definition) is 3. The van der Waals surface area contributed by atoms with Crippen molar-refractivity contribution in [2.75, 3.05) is 5.73 Å². The standard InChI is InChI=1S/C23H23N11O3/c1-10(35)16-17(11-4-13-2-3-14(5-11)33(13)23(37)21-28-9-29-32-21)31-22-15(8-30-34(22)18(16)24)12-6-26-20(19(25)36)27-7-12/h6-9,11,13-14H,2-5,24H2,1H3,(H2,25,36)(H,28,29,32)/t11?,13-,14+. The molecular weight excluding hydrogens is 478 g/mol. The van der Waals surface area contributed by atoms with Crippen molar-refractivity contribution in [1.82, 2.24) is 44.6 Å². The number of Topliss-reactive ketones (excluding diaryl/α,β-unsaturated/α-hetero) is 1. The number of rotatable bonds is 5. The molecule has 2 saturated heterocycles. The van der Waals surface area contributed by atoms with E-state index in [1.165, 1.54) is 30.2 Å². The van der Waals surface area contributed by atoms with Gasteiger partial charge in [-0.1, -0.05) is 0 Å². The van der Waals surface area contributed by atoms with Gasteiger partial charge in [0.2, 0.25) is 11.6 Å². The molecule has 0 aromatic carbocycles. The van der Waals surface area contributed by atoms with Crippen molar-refractivity contribution in [3.63, 3.8) is 0 Å². The lowest BCUT2D eigenvalue weighted by Crippen LogP contribution is -2.46. The van der Waals surface area contributed by atoms with Gasteiger partial charge in [-0.25, -0.2) is 19.9 Å². The summed E-state index contributed by atoms with van der Waals surface area (Å²) < 4.78 is 1.43. The number of nitrogens with one attached hydrogen (secondary N) is 1. The number of fused-ring (bicyclic) bond motifs is 3. The quantitative estimate of drug-likeness (QED) is 0.327. The molecular formula is C23H23N11O3. The first-order valence-corrected chi connectivity index (χ1v) is 11.8. The highest BCUT2D eigenvalue weighted by Gasteiger charge is 2.45. The molecule has 6 heterocycles. The molecule has 2 aliphatic heterocycles. The van der Waals surface area contributed by atoms with E-state index < -0.39 is 5.91 Å². The molecule has 188 valence electrons. The summed E-state index contributed by atoms with van der Waals surface area (Å²) in [6.07, 6.45) is 8.81. The Balaban J connectivity index is 1.40. The largest absolute Gasteiger partial charge is 0.383 e. The van der Waals surface area contributed by atoms with Gasteiger partial charge in [-0.05, 0) is 32.6 Å². The number of H-pyrrole nitrogens is 1. The van der Waals surface area contributed by atoms with E-state index in [1.54, 1.807) is 6.20 Å². The van der Waals surface area contributed by atoms with Crippen LogP contribution in [0.2, 0.25) is 0 Å². The number of piperidine rings is 1. The van der Waals surface area contributed by atoms with Gasteiger partial charge in [0.25, 0.3) is 11.8 Å². The minimum Gasteiger partial charge on any atom is -0.383 e. The van der Waals surface area contributed by atoms with Crippen molar-refractivity contribution in [2.24, 2.45) is 5.73 Å². The molecule has 2 fully saturated rings. The molecule has 14 nitrogen and oxygen atoms in total. The van der Waals surface area contributed by atoms with Gasteiger partial charge in [-0.15, -0.1) is 0 Å². The van der Waals surface area contributed by atoms with E-state index in [0.717, 1.165) is 12.8 Å². The van der Waals surface area contributed by atoms with Gasteiger partial charge in [-0.3, -0.25) is 19.5 Å². The molecule has 0 radical (unpaired) electrons. The molecule has 2 bridgehead atoms. The van der Waals surface area contributed by atoms with Crippen LogP contribution in [0.15, 0.2) is 24.9 Å². The Bertz CT molecular complexity index is 1530. The van der Waals surface area contributed by atoms with E-state index in [4.69, 9.17) is 16.5 Å². The Kier molecular flexibility index (Phi) is 5.17. The number of aromatic amines is 1. The second-order valence-corrected chi connectivity index (χ2v) is 9.37. The number of primary amides is 1. The van der Waals surface area contributed by atoms with Crippen LogP contribution in [0.1, 0.15) is 75.8 Å². The van der Waals surface area contributed by atoms with Crippen LogP contribution in [0.4, 0.5) is 5.82 Å². The Morgan fingerprint density at radius 2 is 1.76 bits per heavy atom. The minimum absolute atomic E-state index is 0.0143. The number of hydrogen-bond acceptors (Lipinski definition) is 10. The number of nitrogens with zero attached hydrogens (tertiary/aromatic N) is 8. The maximum atomic E-state index is 13.1. The van der Waals surface area contributed by atoms with Gasteiger partial charge >= 0.3 is 0 Å². The molecule has 1 unspecified atom stereocenters. The number of carbonyl (C=O) groups excluding carboxylic acids is 3. The van der Waals surface area contributed by atoms with Crippen LogP contribution in [0.5, 0.6) is 0 Å². The van der Waals surface area contributed by atoms with Gasteiger partial charge in [0.1, 0.15) is 12.1 Å². The molecule has 2 amide bonds. The Morgan fingerprint density at radius 3 is 2.35 bits per heavy atom. The van der Waals surface area contributed by atoms with E-state index in [9.17, 15) is 14.4 Å². The van der Waals surface area contributed by atoms with Crippen LogP contribution in [0, 0.1) is 0 Å². The van der Waals surface area contributed by atoms with Crippen molar-refractivity contribution in [2.45, 2.75) is 50.6 Å². The first kappa shape index (κ1) is 22.7. The van der Waals surface area contributed by atoms with Gasteiger partial charge in [0.05, 0.1) is 17.5 Å². The average Bonchev–Trinajstić information content (AvgIpc) is 3.62. The Hall–Kier alpha value is -4.75. The lowest BCUT2D eigenvalue weighted by Gasteiger charge is -2.38. The summed E-state index contributed by atoms with van der Waals surface area (Å²) in [6.45, 7) is 1.46. The molecule has 14 heteroatoms. The lowest BCUT2D eigenvalue weighted by molar-refractivity contribution is 0.0556. The molecule has 2 aliphatic rings. The highest BCUT2D eigenvalue weighted by molar-refractivity contribution is 6.00. The zero-order chi connectivity index (χ0) is 25.8. The molecule has 6 rings (SSSR count). The predicted molar refractivity (Wildman–Crippen MR) is 128 cm³/mol.